The van der Waals surface area contributed by atoms with Crippen molar-refractivity contribution >= 4 is 33.5 Å². The average Bonchev–Trinajstić information content (AvgIpc) is 2.49. The van der Waals surface area contributed by atoms with E-state index in [-0.39, 0.29) is 11.6 Å². The first-order chi connectivity index (χ1) is 10.1. The molecule has 0 fully saturated rings. The highest BCUT2D eigenvalue weighted by Gasteiger charge is 2.16. The van der Waals surface area contributed by atoms with E-state index in [2.05, 4.69) is 21.1 Å². The van der Waals surface area contributed by atoms with Gasteiger partial charge >= 0.3 is 0 Å². The number of nitrogens with two attached hydrogens (primary N) is 1. The van der Waals surface area contributed by atoms with Gasteiger partial charge in [-0.3, -0.25) is 0 Å². The monoisotopic (exact) mass is 370 g/mol. The highest BCUT2D eigenvalue weighted by molar-refractivity contribution is 9.10. The number of oxime groups is 1. The summed E-state index contributed by atoms with van der Waals surface area (Å²) in [5.41, 5.74) is 6.12. The Morgan fingerprint density at radius 1 is 1.33 bits per heavy atom. The summed E-state index contributed by atoms with van der Waals surface area (Å²) in [4.78, 5) is 0.762. The van der Waals surface area contributed by atoms with Crippen molar-refractivity contribution in [2.75, 3.05) is 6.26 Å². The Balaban J connectivity index is 2.51. The third-order valence-corrected chi connectivity index (χ3v) is 3.96. The molecule has 2 aromatic rings. The second-order valence-electron chi connectivity index (χ2n) is 4.00. The van der Waals surface area contributed by atoms with E-state index in [1.165, 1.54) is 23.9 Å². The average molecular weight is 371 g/mol. The topological polar surface area (TPSA) is 67.8 Å². The Morgan fingerprint density at radius 3 is 2.76 bits per heavy atom. The smallest absolute Gasteiger partial charge is 0.175 e. The van der Waals surface area contributed by atoms with Crippen LogP contribution < -0.4 is 10.5 Å². The molecule has 2 rings (SSSR count). The van der Waals surface area contributed by atoms with Crippen LogP contribution in [0.5, 0.6) is 11.5 Å². The van der Waals surface area contributed by atoms with E-state index in [0.717, 1.165) is 4.90 Å². The predicted octanol–water partition coefficient (Wildman–Crippen LogP) is 4.20. The van der Waals surface area contributed by atoms with Gasteiger partial charge in [-0.15, -0.1) is 11.8 Å². The molecular formula is C14H12BrFN2O2S. The fourth-order valence-corrected chi connectivity index (χ4v) is 2.71. The van der Waals surface area contributed by atoms with Gasteiger partial charge in [-0.2, -0.15) is 0 Å². The minimum atomic E-state index is -0.502. The molecule has 0 bridgehead atoms. The van der Waals surface area contributed by atoms with E-state index in [1.807, 2.05) is 12.3 Å². The number of hydrogen-bond acceptors (Lipinski definition) is 4. The van der Waals surface area contributed by atoms with Crippen LogP contribution in [0.1, 0.15) is 5.56 Å². The SMILES string of the molecule is CSc1cccc(Oc2cc(Br)ccc2F)c1/C(N)=N/O. The molecule has 0 amide bonds. The number of thioether (sulfide) groups is 1. The molecule has 0 aliphatic heterocycles. The van der Waals surface area contributed by atoms with E-state index in [0.29, 0.717) is 15.8 Å². The summed E-state index contributed by atoms with van der Waals surface area (Å²) in [5.74, 6) is -0.229. The van der Waals surface area contributed by atoms with Gasteiger partial charge in [-0.25, -0.2) is 4.39 Å². The number of rotatable bonds is 4. The molecule has 0 radical (unpaired) electrons. The molecule has 21 heavy (non-hydrogen) atoms. The van der Waals surface area contributed by atoms with E-state index in [9.17, 15) is 4.39 Å². The van der Waals surface area contributed by atoms with E-state index in [4.69, 9.17) is 15.7 Å². The van der Waals surface area contributed by atoms with E-state index < -0.39 is 5.82 Å². The molecule has 0 saturated carbocycles. The molecule has 7 heteroatoms. The van der Waals surface area contributed by atoms with Gasteiger partial charge in [0, 0.05) is 9.37 Å². The molecule has 3 N–H and O–H groups in total. The van der Waals surface area contributed by atoms with Crippen molar-refractivity contribution in [1.29, 1.82) is 0 Å². The number of amidine groups is 1. The number of benzene rings is 2. The predicted molar refractivity (Wildman–Crippen MR) is 84.9 cm³/mol. The third kappa shape index (κ3) is 3.48. The molecule has 0 spiro atoms. The lowest BCUT2D eigenvalue weighted by atomic mass is 10.2. The highest BCUT2D eigenvalue weighted by atomic mass is 79.9. The third-order valence-electron chi connectivity index (χ3n) is 2.68. The molecule has 0 heterocycles. The Bertz CT molecular complexity index is 695. The van der Waals surface area contributed by atoms with E-state index in [1.54, 1.807) is 18.2 Å². The molecule has 0 saturated heterocycles. The molecule has 0 unspecified atom stereocenters. The lowest BCUT2D eigenvalue weighted by Gasteiger charge is -2.14. The zero-order chi connectivity index (χ0) is 15.4. The highest BCUT2D eigenvalue weighted by Crippen LogP contribution is 2.34. The summed E-state index contributed by atoms with van der Waals surface area (Å²) in [6.45, 7) is 0. The summed E-state index contributed by atoms with van der Waals surface area (Å²) >= 11 is 4.68. The van der Waals surface area contributed by atoms with Gasteiger partial charge in [0.15, 0.2) is 17.4 Å². The first-order valence-electron chi connectivity index (χ1n) is 5.84. The molecule has 0 atom stereocenters. The van der Waals surface area contributed by atoms with Crippen molar-refractivity contribution in [3.63, 3.8) is 0 Å². The molecule has 0 aromatic heterocycles. The van der Waals surface area contributed by atoms with Gasteiger partial charge in [-0.1, -0.05) is 27.2 Å². The largest absolute Gasteiger partial charge is 0.453 e. The van der Waals surface area contributed by atoms with Crippen LogP contribution in [0.4, 0.5) is 4.39 Å². The van der Waals surface area contributed by atoms with Crippen LogP contribution >= 0.6 is 27.7 Å². The molecule has 110 valence electrons. The summed E-state index contributed by atoms with van der Waals surface area (Å²) in [6.07, 6.45) is 1.85. The standard InChI is InChI=1S/C14H12BrFN2O2S/c1-21-12-4-2-3-10(13(12)14(17)18-19)20-11-7-8(15)5-6-9(11)16/h2-7,19H,1H3,(H2,17,18). The second kappa shape index (κ2) is 6.82. The lowest BCUT2D eigenvalue weighted by molar-refractivity contribution is 0.318. The van der Waals surface area contributed by atoms with Crippen molar-refractivity contribution in [1.82, 2.24) is 0 Å². The van der Waals surface area contributed by atoms with Gasteiger partial charge in [-0.05, 0) is 36.6 Å². The minimum absolute atomic E-state index is 0.0506. The first kappa shape index (κ1) is 15.7. The van der Waals surface area contributed by atoms with Crippen LogP contribution in [0.25, 0.3) is 0 Å². The number of halogens is 2. The zero-order valence-electron chi connectivity index (χ0n) is 11.0. The minimum Gasteiger partial charge on any atom is -0.453 e. The fourth-order valence-electron chi connectivity index (χ4n) is 1.74. The van der Waals surface area contributed by atoms with Crippen molar-refractivity contribution in [2.24, 2.45) is 10.9 Å². The maximum Gasteiger partial charge on any atom is 0.175 e. The Hall–Kier alpha value is -1.73. The fraction of sp³-hybridized carbons (Fsp3) is 0.0714. The number of nitrogens with zero attached hydrogens (tertiary/aromatic N) is 1. The van der Waals surface area contributed by atoms with Crippen LogP contribution in [0.3, 0.4) is 0 Å². The van der Waals surface area contributed by atoms with Crippen LogP contribution in [0, 0.1) is 5.82 Å². The van der Waals surface area contributed by atoms with Crippen molar-refractivity contribution < 1.29 is 14.3 Å². The van der Waals surface area contributed by atoms with Crippen LogP contribution in [0.15, 0.2) is 50.9 Å². The first-order valence-corrected chi connectivity index (χ1v) is 7.86. The van der Waals surface area contributed by atoms with Gasteiger partial charge in [0.1, 0.15) is 5.75 Å². The Labute approximate surface area is 133 Å². The maximum absolute atomic E-state index is 13.8. The van der Waals surface area contributed by atoms with Gasteiger partial charge in [0.25, 0.3) is 0 Å². The van der Waals surface area contributed by atoms with E-state index >= 15 is 0 Å². The Morgan fingerprint density at radius 2 is 2.10 bits per heavy atom. The maximum atomic E-state index is 13.8. The van der Waals surface area contributed by atoms with Gasteiger partial charge in [0.05, 0.1) is 5.56 Å². The van der Waals surface area contributed by atoms with Crippen molar-refractivity contribution in [3.8, 4) is 11.5 Å². The summed E-state index contributed by atoms with van der Waals surface area (Å²) in [5, 5.41) is 11.9. The summed E-state index contributed by atoms with van der Waals surface area (Å²) < 4.78 is 20.1. The number of ether oxygens (including phenoxy) is 1. The van der Waals surface area contributed by atoms with Crippen LogP contribution in [0.2, 0.25) is 0 Å². The molecule has 4 nitrogen and oxygen atoms in total. The zero-order valence-corrected chi connectivity index (χ0v) is 13.4. The molecule has 0 aliphatic carbocycles. The van der Waals surface area contributed by atoms with Gasteiger partial charge in [0.2, 0.25) is 0 Å². The molecule has 2 aromatic carbocycles. The summed E-state index contributed by atoms with van der Waals surface area (Å²) in [6, 6.07) is 9.57. The molecule has 0 aliphatic rings. The van der Waals surface area contributed by atoms with Gasteiger partial charge < -0.3 is 15.7 Å². The van der Waals surface area contributed by atoms with Crippen molar-refractivity contribution in [2.45, 2.75) is 4.90 Å². The van der Waals surface area contributed by atoms with Crippen LogP contribution in [-0.2, 0) is 0 Å². The van der Waals surface area contributed by atoms with Crippen molar-refractivity contribution in [3.05, 3.63) is 52.3 Å². The Kier molecular flexibility index (Phi) is 5.08. The lowest BCUT2D eigenvalue weighted by Crippen LogP contribution is -2.15. The van der Waals surface area contributed by atoms with Crippen LogP contribution in [-0.4, -0.2) is 17.3 Å². The normalized spacial score (nSPS) is 11.5. The number of hydrogen-bond donors (Lipinski definition) is 2. The molecular weight excluding hydrogens is 359 g/mol. The second-order valence-corrected chi connectivity index (χ2v) is 5.76. The quantitative estimate of drug-likeness (QED) is 0.278. The summed E-state index contributed by atoms with van der Waals surface area (Å²) in [7, 11) is 0.